The fourth-order valence-corrected chi connectivity index (χ4v) is 3.00. The highest BCUT2D eigenvalue weighted by Gasteiger charge is 2.15. The van der Waals surface area contributed by atoms with Crippen LogP contribution in [0.3, 0.4) is 0 Å². The van der Waals surface area contributed by atoms with Crippen LogP contribution in [-0.2, 0) is 6.54 Å². The van der Waals surface area contributed by atoms with Crippen molar-refractivity contribution in [2.24, 2.45) is 5.10 Å². The lowest BCUT2D eigenvalue weighted by Crippen LogP contribution is -2.43. The number of para-hydroxylation sites is 1. The van der Waals surface area contributed by atoms with Crippen LogP contribution in [0, 0.1) is 0 Å². The van der Waals surface area contributed by atoms with Crippen molar-refractivity contribution in [3.63, 3.8) is 0 Å². The lowest BCUT2D eigenvalue weighted by Gasteiger charge is -2.33. The van der Waals surface area contributed by atoms with Crippen LogP contribution in [0.4, 0.5) is 0 Å². The van der Waals surface area contributed by atoms with Gasteiger partial charge in [-0.25, -0.2) is 0 Å². The Balaban J connectivity index is 0.00000243. The minimum Gasteiger partial charge on any atom is -0.493 e. The zero-order valence-electron chi connectivity index (χ0n) is 15.0. The van der Waals surface area contributed by atoms with E-state index in [4.69, 9.17) is 16.3 Å². The maximum atomic E-state index is 5.94. The van der Waals surface area contributed by atoms with Gasteiger partial charge in [-0.05, 0) is 36.8 Å². The van der Waals surface area contributed by atoms with Gasteiger partial charge in [-0.15, -0.1) is 12.4 Å². The quantitative estimate of drug-likeness (QED) is 0.684. The number of hydrogen-bond acceptors (Lipinski definition) is 4. The first-order valence-corrected chi connectivity index (χ1v) is 9.10. The van der Waals surface area contributed by atoms with E-state index in [0.717, 1.165) is 49.1 Å². The lowest BCUT2D eigenvalue weighted by atomic mass is 10.2. The van der Waals surface area contributed by atoms with Gasteiger partial charge in [0.25, 0.3) is 0 Å². The van der Waals surface area contributed by atoms with Gasteiger partial charge in [0.05, 0.1) is 12.8 Å². The van der Waals surface area contributed by atoms with Crippen LogP contribution in [0.15, 0.2) is 53.6 Å². The van der Waals surface area contributed by atoms with Crippen molar-refractivity contribution in [3.05, 3.63) is 64.7 Å². The summed E-state index contributed by atoms with van der Waals surface area (Å²) in [5, 5.41) is 7.55. The number of hydrazone groups is 1. The SMILES string of the molecule is CCOc1ccccc1C=NN1CCN(Cc2ccc(Cl)cc2)CC1.Cl. The largest absolute Gasteiger partial charge is 0.493 e. The highest BCUT2D eigenvalue weighted by atomic mass is 35.5. The van der Waals surface area contributed by atoms with Gasteiger partial charge in [-0.2, -0.15) is 5.10 Å². The van der Waals surface area contributed by atoms with Gasteiger partial charge in [-0.3, -0.25) is 9.91 Å². The Morgan fingerprint density at radius 3 is 2.42 bits per heavy atom. The Kier molecular flexibility index (Phi) is 8.23. The first-order valence-electron chi connectivity index (χ1n) is 8.72. The van der Waals surface area contributed by atoms with E-state index in [1.807, 2.05) is 49.5 Å². The summed E-state index contributed by atoms with van der Waals surface area (Å²) < 4.78 is 5.64. The van der Waals surface area contributed by atoms with E-state index in [-0.39, 0.29) is 12.4 Å². The highest BCUT2D eigenvalue weighted by Crippen LogP contribution is 2.16. The third-order valence-corrected chi connectivity index (χ3v) is 4.50. The van der Waals surface area contributed by atoms with Crippen LogP contribution in [0.1, 0.15) is 18.1 Å². The third-order valence-electron chi connectivity index (χ3n) is 4.25. The molecule has 1 fully saturated rings. The molecule has 6 heteroatoms. The van der Waals surface area contributed by atoms with E-state index in [1.54, 1.807) is 0 Å². The molecule has 0 aliphatic carbocycles. The number of nitrogens with zero attached hydrogens (tertiary/aromatic N) is 3. The van der Waals surface area contributed by atoms with Crippen molar-refractivity contribution in [2.75, 3.05) is 32.8 Å². The molecule has 0 N–H and O–H groups in total. The summed E-state index contributed by atoms with van der Waals surface area (Å²) in [4.78, 5) is 2.45. The summed E-state index contributed by atoms with van der Waals surface area (Å²) in [5.41, 5.74) is 2.32. The molecule has 0 radical (unpaired) electrons. The highest BCUT2D eigenvalue weighted by molar-refractivity contribution is 6.30. The van der Waals surface area contributed by atoms with E-state index < -0.39 is 0 Å². The Morgan fingerprint density at radius 2 is 1.73 bits per heavy atom. The fourth-order valence-electron chi connectivity index (χ4n) is 2.88. The second-order valence-electron chi connectivity index (χ2n) is 6.07. The summed E-state index contributed by atoms with van der Waals surface area (Å²) in [5.74, 6) is 0.884. The predicted octanol–water partition coefficient (Wildman–Crippen LogP) is 4.31. The molecule has 2 aromatic carbocycles. The molecular weight excluding hydrogens is 369 g/mol. The van der Waals surface area contributed by atoms with Gasteiger partial charge in [0.15, 0.2) is 0 Å². The first-order chi connectivity index (χ1) is 12.2. The van der Waals surface area contributed by atoms with Crippen molar-refractivity contribution in [1.29, 1.82) is 0 Å². The minimum absolute atomic E-state index is 0. The monoisotopic (exact) mass is 393 g/mol. The molecule has 0 bridgehead atoms. The van der Waals surface area contributed by atoms with E-state index in [9.17, 15) is 0 Å². The number of rotatable bonds is 6. The summed E-state index contributed by atoms with van der Waals surface area (Å²) >= 11 is 5.94. The van der Waals surface area contributed by atoms with Crippen molar-refractivity contribution in [3.8, 4) is 5.75 Å². The molecule has 1 heterocycles. The van der Waals surface area contributed by atoms with Crippen LogP contribution in [0.5, 0.6) is 5.75 Å². The molecule has 0 saturated carbocycles. The third kappa shape index (κ3) is 5.90. The van der Waals surface area contributed by atoms with E-state index in [2.05, 4.69) is 27.1 Å². The smallest absolute Gasteiger partial charge is 0.128 e. The molecule has 26 heavy (non-hydrogen) atoms. The maximum absolute atomic E-state index is 5.94. The van der Waals surface area contributed by atoms with Crippen LogP contribution in [0.25, 0.3) is 0 Å². The molecule has 0 amide bonds. The van der Waals surface area contributed by atoms with Gasteiger partial charge >= 0.3 is 0 Å². The van der Waals surface area contributed by atoms with E-state index in [0.29, 0.717) is 6.61 Å². The number of halogens is 2. The van der Waals surface area contributed by atoms with Crippen LogP contribution in [0.2, 0.25) is 5.02 Å². The molecular formula is C20H25Cl2N3O. The molecule has 1 aliphatic heterocycles. The number of benzene rings is 2. The van der Waals surface area contributed by atoms with Gasteiger partial charge in [0.1, 0.15) is 5.75 Å². The lowest BCUT2D eigenvalue weighted by molar-refractivity contribution is 0.131. The van der Waals surface area contributed by atoms with Crippen molar-refractivity contribution >= 4 is 30.2 Å². The second-order valence-corrected chi connectivity index (χ2v) is 6.51. The Labute approximate surface area is 166 Å². The molecule has 1 saturated heterocycles. The topological polar surface area (TPSA) is 28.1 Å². The molecule has 1 aliphatic rings. The van der Waals surface area contributed by atoms with Gasteiger partial charge < -0.3 is 4.74 Å². The average Bonchev–Trinajstić information content (AvgIpc) is 2.64. The van der Waals surface area contributed by atoms with Crippen molar-refractivity contribution in [1.82, 2.24) is 9.91 Å². The number of ether oxygens (including phenoxy) is 1. The van der Waals surface area contributed by atoms with E-state index in [1.165, 1.54) is 5.56 Å². The van der Waals surface area contributed by atoms with Gasteiger partial charge in [-0.1, -0.05) is 35.9 Å². The summed E-state index contributed by atoms with van der Waals surface area (Å²) in [6.07, 6.45) is 1.90. The summed E-state index contributed by atoms with van der Waals surface area (Å²) in [7, 11) is 0. The Morgan fingerprint density at radius 1 is 1.04 bits per heavy atom. The van der Waals surface area contributed by atoms with Crippen LogP contribution >= 0.6 is 24.0 Å². The van der Waals surface area contributed by atoms with Gasteiger partial charge in [0, 0.05) is 43.3 Å². The standard InChI is InChI=1S/C20H24ClN3O.ClH/c1-2-25-20-6-4-3-5-18(20)15-22-24-13-11-23(12-14-24)16-17-7-9-19(21)10-8-17;/h3-10,15H,2,11-14,16H2,1H3;1H. The molecule has 0 unspecified atom stereocenters. The van der Waals surface area contributed by atoms with Crippen LogP contribution in [-0.4, -0.2) is 48.9 Å². The molecule has 4 nitrogen and oxygen atoms in total. The Hall–Kier alpha value is -1.75. The predicted molar refractivity (Wildman–Crippen MR) is 111 cm³/mol. The summed E-state index contributed by atoms with van der Waals surface area (Å²) in [6, 6.07) is 16.1. The van der Waals surface area contributed by atoms with Crippen molar-refractivity contribution < 1.29 is 4.74 Å². The molecule has 3 rings (SSSR count). The molecule has 140 valence electrons. The van der Waals surface area contributed by atoms with Crippen molar-refractivity contribution in [2.45, 2.75) is 13.5 Å². The minimum atomic E-state index is 0. The molecule has 0 spiro atoms. The van der Waals surface area contributed by atoms with Gasteiger partial charge in [0.2, 0.25) is 0 Å². The Bertz CT molecular complexity index is 698. The molecule has 0 atom stereocenters. The van der Waals surface area contributed by atoms with E-state index >= 15 is 0 Å². The maximum Gasteiger partial charge on any atom is 0.128 e. The van der Waals surface area contributed by atoms with Crippen LogP contribution < -0.4 is 4.74 Å². The normalized spacial score (nSPS) is 15.1. The second kappa shape index (κ2) is 10.4. The first kappa shape index (κ1) is 20.6. The zero-order valence-corrected chi connectivity index (χ0v) is 16.5. The zero-order chi connectivity index (χ0) is 17.5. The average molecular weight is 394 g/mol. The number of piperazine rings is 1. The fraction of sp³-hybridized carbons (Fsp3) is 0.350. The number of hydrogen-bond donors (Lipinski definition) is 0. The molecule has 2 aromatic rings. The summed E-state index contributed by atoms with van der Waals surface area (Å²) in [6.45, 7) is 7.49. The molecule has 0 aromatic heterocycles.